The van der Waals surface area contributed by atoms with Crippen LogP contribution in [0.25, 0.3) is 16.8 Å². The van der Waals surface area contributed by atoms with Crippen LogP contribution < -0.4 is 15.5 Å². The molecular weight excluding hydrogens is 476 g/mol. The second-order valence-electron chi connectivity index (χ2n) is 10.2. The third-order valence-corrected chi connectivity index (χ3v) is 7.31. The predicted octanol–water partition coefficient (Wildman–Crippen LogP) is 4.87. The summed E-state index contributed by atoms with van der Waals surface area (Å²) < 4.78 is 7.16. The largest absolute Gasteiger partial charge is 0.444 e. The summed E-state index contributed by atoms with van der Waals surface area (Å²) in [6.07, 6.45) is 8.79. The summed E-state index contributed by atoms with van der Waals surface area (Å²) in [4.78, 5) is 32.3. The number of thiophene rings is 1. The van der Waals surface area contributed by atoms with Gasteiger partial charge in [0.05, 0.1) is 29.2 Å². The molecule has 1 saturated heterocycles. The van der Waals surface area contributed by atoms with Crippen molar-refractivity contribution in [2.75, 3.05) is 18.0 Å². The maximum Gasteiger partial charge on any atom is 0.407 e. The molecule has 3 aromatic heterocycles. The fourth-order valence-corrected chi connectivity index (χ4v) is 5.14. The number of fused-ring (bicyclic) bond motifs is 1. The number of carbonyl (C=O) groups excluding carboxylic acids is 2. The van der Waals surface area contributed by atoms with Crippen LogP contribution in [0.2, 0.25) is 0 Å². The average Bonchev–Trinajstić information content (AvgIpc) is 3.48. The van der Waals surface area contributed by atoms with E-state index in [1.54, 1.807) is 10.7 Å². The smallest absolute Gasteiger partial charge is 0.407 e. The lowest BCUT2D eigenvalue weighted by molar-refractivity contribution is 0.0497. The van der Waals surface area contributed by atoms with Crippen molar-refractivity contribution in [2.45, 2.75) is 78.0 Å². The van der Waals surface area contributed by atoms with Gasteiger partial charge in [-0.1, -0.05) is 13.8 Å². The fourth-order valence-electron chi connectivity index (χ4n) is 4.33. The third-order valence-electron chi connectivity index (χ3n) is 6.38. The molecule has 0 bridgehead atoms. The Hall–Kier alpha value is -3.14. The van der Waals surface area contributed by atoms with Crippen LogP contribution in [0.3, 0.4) is 0 Å². The Morgan fingerprint density at radius 2 is 1.92 bits per heavy atom. The molecule has 4 heterocycles. The number of hydrogen-bond donors (Lipinski definition) is 2. The standard InChI is InChI=1S/C26H36N6O3S/c1-6-18(7-2)29-24(33)22-12-17(16-36-22)21-14-28-32-15-20(13-27-23(21)32)31-10-8-19(9-11-31)30-25(34)35-26(3,4)5/h12-16,18-19H,6-11H2,1-5H3,(H,29,33)(H,30,34). The van der Waals surface area contributed by atoms with Gasteiger partial charge < -0.3 is 20.3 Å². The first-order valence-corrected chi connectivity index (χ1v) is 13.5. The van der Waals surface area contributed by atoms with E-state index in [0.29, 0.717) is 4.88 Å². The molecule has 36 heavy (non-hydrogen) atoms. The fraction of sp³-hybridized carbons (Fsp3) is 0.538. The molecule has 3 aromatic rings. The molecular formula is C26H36N6O3S. The zero-order chi connectivity index (χ0) is 25.9. The number of carbonyl (C=O) groups is 2. The van der Waals surface area contributed by atoms with Crippen LogP contribution in [-0.2, 0) is 4.74 Å². The Balaban J connectivity index is 1.40. The number of hydrogen-bond acceptors (Lipinski definition) is 7. The quantitative estimate of drug-likeness (QED) is 0.468. The molecule has 2 N–H and O–H groups in total. The van der Waals surface area contributed by atoms with Gasteiger partial charge in [0.15, 0.2) is 5.65 Å². The molecule has 0 spiro atoms. The second kappa shape index (κ2) is 10.9. The van der Waals surface area contributed by atoms with Gasteiger partial charge in [0.2, 0.25) is 0 Å². The third kappa shape index (κ3) is 6.16. The highest BCUT2D eigenvalue weighted by atomic mass is 32.1. The number of amides is 2. The van der Waals surface area contributed by atoms with Gasteiger partial charge in [0.1, 0.15) is 5.60 Å². The van der Waals surface area contributed by atoms with E-state index in [4.69, 9.17) is 9.72 Å². The van der Waals surface area contributed by atoms with Gasteiger partial charge in [-0.05, 0) is 63.5 Å². The summed E-state index contributed by atoms with van der Waals surface area (Å²) >= 11 is 1.44. The van der Waals surface area contributed by atoms with Crippen molar-refractivity contribution in [3.8, 4) is 11.1 Å². The van der Waals surface area contributed by atoms with E-state index >= 15 is 0 Å². The van der Waals surface area contributed by atoms with E-state index < -0.39 is 5.60 Å². The van der Waals surface area contributed by atoms with E-state index in [-0.39, 0.29) is 24.1 Å². The van der Waals surface area contributed by atoms with Crippen LogP contribution in [0.15, 0.2) is 30.0 Å². The molecule has 0 atom stereocenters. The van der Waals surface area contributed by atoms with Crippen LogP contribution in [0.1, 0.15) is 70.0 Å². The van der Waals surface area contributed by atoms with E-state index in [2.05, 4.69) is 34.5 Å². The second-order valence-corrected chi connectivity index (χ2v) is 11.1. The maximum absolute atomic E-state index is 12.6. The molecule has 1 aliphatic rings. The molecule has 0 aromatic carbocycles. The van der Waals surface area contributed by atoms with Gasteiger partial charge in [-0.2, -0.15) is 5.10 Å². The minimum Gasteiger partial charge on any atom is -0.444 e. The molecule has 0 radical (unpaired) electrons. The Morgan fingerprint density at radius 3 is 2.58 bits per heavy atom. The summed E-state index contributed by atoms with van der Waals surface area (Å²) in [5, 5.41) is 12.6. The number of rotatable bonds is 7. The number of aromatic nitrogens is 3. The van der Waals surface area contributed by atoms with Crippen molar-refractivity contribution < 1.29 is 14.3 Å². The van der Waals surface area contributed by atoms with Crippen molar-refractivity contribution in [2.24, 2.45) is 0 Å². The molecule has 0 saturated carbocycles. The van der Waals surface area contributed by atoms with Gasteiger partial charge in [0.25, 0.3) is 5.91 Å². The van der Waals surface area contributed by atoms with Crippen LogP contribution in [0.5, 0.6) is 0 Å². The Bertz CT molecular complexity index is 1200. The first-order valence-electron chi connectivity index (χ1n) is 12.6. The van der Waals surface area contributed by atoms with Crippen molar-refractivity contribution in [3.05, 3.63) is 34.9 Å². The number of piperidine rings is 1. The molecule has 0 aliphatic carbocycles. The summed E-state index contributed by atoms with van der Waals surface area (Å²) in [7, 11) is 0. The lowest BCUT2D eigenvalue weighted by Gasteiger charge is -2.34. The van der Waals surface area contributed by atoms with E-state index in [1.165, 1.54) is 11.3 Å². The number of nitrogens with zero attached hydrogens (tertiary/aromatic N) is 4. The average molecular weight is 513 g/mol. The molecule has 10 heteroatoms. The molecule has 194 valence electrons. The van der Waals surface area contributed by atoms with Crippen LogP contribution in [0, 0.1) is 0 Å². The van der Waals surface area contributed by atoms with Gasteiger partial charge in [0, 0.05) is 30.7 Å². The normalized spacial score (nSPS) is 14.9. The van der Waals surface area contributed by atoms with Crippen molar-refractivity contribution in [1.82, 2.24) is 25.2 Å². The highest BCUT2D eigenvalue weighted by Gasteiger charge is 2.24. The van der Waals surface area contributed by atoms with Crippen molar-refractivity contribution in [1.29, 1.82) is 0 Å². The first kappa shape index (κ1) is 25.9. The number of alkyl carbamates (subject to hydrolysis) is 1. The maximum atomic E-state index is 12.6. The van der Waals surface area contributed by atoms with E-state index in [9.17, 15) is 9.59 Å². The SMILES string of the molecule is CCC(CC)NC(=O)c1cc(-c2cnn3cc(N4CCC(NC(=O)OC(C)(C)C)CC4)cnc23)cs1. The zero-order valence-corrected chi connectivity index (χ0v) is 22.5. The monoisotopic (exact) mass is 512 g/mol. The zero-order valence-electron chi connectivity index (χ0n) is 21.7. The van der Waals surface area contributed by atoms with Crippen LogP contribution in [0.4, 0.5) is 10.5 Å². The molecule has 1 fully saturated rings. The Labute approximate surface area is 216 Å². The van der Waals surface area contributed by atoms with Crippen LogP contribution in [-0.4, -0.2) is 57.4 Å². The number of nitrogens with one attached hydrogen (secondary N) is 2. The highest BCUT2D eigenvalue weighted by Crippen LogP contribution is 2.29. The number of ether oxygens (including phenoxy) is 1. The predicted molar refractivity (Wildman–Crippen MR) is 143 cm³/mol. The minimum atomic E-state index is -0.501. The van der Waals surface area contributed by atoms with Gasteiger partial charge in [-0.3, -0.25) is 4.79 Å². The topological polar surface area (TPSA) is 101 Å². The Morgan fingerprint density at radius 1 is 1.19 bits per heavy atom. The van der Waals surface area contributed by atoms with Crippen LogP contribution >= 0.6 is 11.3 Å². The molecule has 0 unspecified atom stereocenters. The minimum absolute atomic E-state index is 0.0313. The molecule has 2 amide bonds. The van der Waals surface area contributed by atoms with E-state index in [0.717, 1.165) is 61.2 Å². The summed E-state index contributed by atoms with van der Waals surface area (Å²) in [5.74, 6) is -0.0313. The number of anilines is 1. The van der Waals surface area contributed by atoms with Crippen molar-refractivity contribution >= 4 is 34.7 Å². The lowest BCUT2D eigenvalue weighted by atomic mass is 10.1. The summed E-state index contributed by atoms with van der Waals surface area (Å²) in [6.45, 7) is 11.4. The van der Waals surface area contributed by atoms with Gasteiger partial charge in [-0.15, -0.1) is 11.3 Å². The molecule has 4 rings (SSSR count). The molecule has 9 nitrogen and oxygen atoms in total. The lowest BCUT2D eigenvalue weighted by Crippen LogP contribution is -2.46. The van der Waals surface area contributed by atoms with E-state index in [1.807, 2.05) is 44.6 Å². The van der Waals surface area contributed by atoms with Gasteiger partial charge >= 0.3 is 6.09 Å². The first-order chi connectivity index (χ1) is 17.2. The summed E-state index contributed by atoms with van der Waals surface area (Å²) in [5.41, 5.74) is 3.09. The van der Waals surface area contributed by atoms with Crippen molar-refractivity contribution in [3.63, 3.8) is 0 Å². The Kier molecular flexibility index (Phi) is 7.82. The molecule has 1 aliphatic heterocycles. The van der Waals surface area contributed by atoms with Gasteiger partial charge in [-0.25, -0.2) is 14.3 Å². The summed E-state index contributed by atoms with van der Waals surface area (Å²) in [6, 6.07) is 2.20. The highest BCUT2D eigenvalue weighted by molar-refractivity contribution is 7.12.